The van der Waals surface area contributed by atoms with Gasteiger partial charge in [0.1, 0.15) is 0 Å². The second kappa shape index (κ2) is 7.84. The second-order valence-corrected chi connectivity index (χ2v) is 8.05. The van der Waals surface area contributed by atoms with Crippen molar-refractivity contribution in [3.63, 3.8) is 0 Å². The van der Waals surface area contributed by atoms with Gasteiger partial charge < -0.3 is 14.8 Å². The first-order chi connectivity index (χ1) is 14.0. The minimum Gasteiger partial charge on any atom is -0.454 e. The highest BCUT2D eigenvalue weighted by atomic mass is 32.2. The van der Waals surface area contributed by atoms with Crippen molar-refractivity contribution in [2.45, 2.75) is 11.4 Å². The van der Waals surface area contributed by atoms with Crippen molar-refractivity contribution in [1.82, 2.24) is 5.32 Å². The summed E-state index contributed by atoms with van der Waals surface area (Å²) in [6.45, 7) is 0.456. The number of fused-ring (bicyclic) bond motifs is 1. The number of rotatable bonds is 6. The fraction of sp³-hybridized carbons (Fsp3) is 0.0952. The maximum atomic E-state index is 12.7. The van der Waals surface area contributed by atoms with Crippen molar-refractivity contribution < 1.29 is 22.7 Å². The smallest absolute Gasteiger partial charge is 0.261 e. The molecule has 0 radical (unpaired) electrons. The molecular formula is C21H18N2O5S. The Morgan fingerprint density at radius 2 is 1.69 bits per heavy atom. The molecule has 7 nitrogen and oxygen atoms in total. The second-order valence-electron chi connectivity index (χ2n) is 6.37. The molecule has 3 aromatic carbocycles. The van der Waals surface area contributed by atoms with Gasteiger partial charge >= 0.3 is 0 Å². The van der Waals surface area contributed by atoms with Crippen LogP contribution >= 0.6 is 0 Å². The third kappa shape index (κ3) is 4.33. The molecule has 0 saturated heterocycles. The largest absolute Gasteiger partial charge is 0.454 e. The van der Waals surface area contributed by atoms with Crippen LogP contribution in [-0.4, -0.2) is 21.1 Å². The van der Waals surface area contributed by atoms with Crippen molar-refractivity contribution in [3.05, 3.63) is 83.9 Å². The molecule has 0 saturated carbocycles. The molecule has 3 aromatic rings. The Bertz CT molecular complexity index is 1150. The third-order valence-corrected chi connectivity index (χ3v) is 5.71. The molecule has 29 heavy (non-hydrogen) atoms. The number of amides is 1. The van der Waals surface area contributed by atoms with Gasteiger partial charge in [0.25, 0.3) is 15.9 Å². The molecule has 1 amide bonds. The van der Waals surface area contributed by atoms with Gasteiger partial charge in [-0.25, -0.2) is 8.42 Å². The van der Waals surface area contributed by atoms with E-state index in [1.54, 1.807) is 24.3 Å². The van der Waals surface area contributed by atoms with Gasteiger partial charge in [-0.15, -0.1) is 0 Å². The standard InChI is InChI=1S/C21H18N2O5S/c24-21(22-13-15-5-2-1-3-6-15)16-7-4-8-18(11-16)29(25,26)23-17-9-10-19-20(12-17)28-14-27-19/h1-12,23H,13-14H2,(H,22,24). The van der Waals surface area contributed by atoms with E-state index >= 15 is 0 Å². The van der Waals surface area contributed by atoms with Crippen LogP contribution in [0.4, 0.5) is 5.69 Å². The summed E-state index contributed by atoms with van der Waals surface area (Å²) in [6.07, 6.45) is 0. The molecule has 1 heterocycles. The number of hydrogen-bond donors (Lipinski definition) is 2. The highest BCUT2D eigenvalue weighted by Crippen LogP contribution is 2.34. The summed E-state index contributed by atoms with van der Waals surface area (Å²) >= 11 is 0. The zero-order chi connectivity index (χ0) is 20.3. The fourth-order valence-electron chi connectivity index (χ4n) is 2.86. The van der Waals surface area contributed by atoms with Crippen LogP contribution in [-0.2, 0) is 16.6 Å². The van der Waals surface area contributed by atoms with E-state index in [2.05, 4.69) is 10.0 Å². The van der Waals surface area contributed by atoms with E-state index < -0.39 is 10.0 Å². The summed E-state index contributed by atoms with van der Waals surface area (Å²) in [7, 11) is -3.88. The molecule has 8 heteroatoms. The van der Waals surface area contributed by atoms with Crippen molar-refractivity contribution in [2.24, 2.45) is 0 Å². The van der Waals surface area contributed by atoms with Crippen LogP contribution in [0.1, 0.15) is 15.9 Å². The molecule has 0 fully saturated rings. The monoisotopic (exact) mass is 410 g/mol. The lowest BCUT2D eigenvalue weighted by Gasteiger charge is -2.10. The molecule has 0 aromatic heterocycles. The van der Waals surface area contributed by atoms with Gasteiger partial charge in [-0.2, -0.15) is 0 Å². The molecule has 148 valence electrons. The Hall–Kier alpha value is -3.52. The van der Waals surface area contributed by atoms with Crippen LogP contribution in [0.25, 0.3) is 0 Å². The first kappa shape index (κ1) is 18.8. The van der Waals surface area contributed by atoms with Crippen LogP contribution in [0, 0.1) is 0 Å². The predicted octanol–water partition coefficient (Wildman–Crippen LogP) is 3.15. The zero-order valence-corrected chi connectivity index (χ0v) is 16.1. The molecule has 1 aliphatic rings. The van der Waals surface area contributed by atoms with E-state index in [4.69, 9.17) is 9.47 Å². The summed E-state index contributed by atoms with van der Waals surface area (Å²) in [4.78, 5) is 12.4. The number of ether oxygens (including phenoxy) is 2. The van der Waals surface area contributed by atoms with Crippen molar-refractivity contribution in [1.29, 1.82) is 0 Å². The average Bonchev–Trinajstić information content (AvgIpc) is 3.20. The Balaban J connectivity index is 1.49. The zero-order valence-electron chi connectivity index (χ0n) is 15.3. The lowest BCUT2D eigenvalue weighted by atomic mass is 10.2. The normalized spacial score (nSPS) is 12.4. The number of carbonyl (C=O) groups is 1. The topological polar surface area (TPSA) is 93.7 Å². The Morgan fingerprint density at radius 1 is 0.897 bits per heavy atom. The lowest BCUT2D eigenvalue weighted by molar-refractivity contribution is 0.0950. The van der Waals surface area contributed by atoms with Crippen LogP contribution in [0.5, 0.6) is 11.5 Å². The summed E-state index contributed by atoms with van der Waals surface area (Å²) in [5.74, 6) is 0.679. The minimum atomic E-state index is -3.88. The lowest BCUT2D eigenvalue weighted by Crippen LogP contribution is -2.23. The first-order valence-corrected chi connectivity index (χ1v) is 10.3. The van der Waals surface area contributed by atoms with Gasteiger partial charge in [0.15, 0.2) is 11.5 Å². The summed E-state index contributed by atoms with van der Waals surface area (Å²) in [5, 5.41) is 2.79. The number of carbonyl (C=O) groups excluding carboxylic acids is 1. The van der Waals surface area contributed by atoms with Crippen molar-refractivity contribution in [2.75, 3.05) is 11.5 Å². The van der Waals surface area contributed by atoms with E-state index in [-0.39, 0.29) is 23.2 Å². The fourth-order valence-corrected chi connectivity index (χ4v) is 3.95. The molecular weight excluding hydrogens is 392 g/mol. The molecule has 0 spiro atoms. The van der Waals surface area contributed by atoms with Gasteiger partial charge in [0.2, 0.25) is 6.79 Å². The maximum Gasteiger partial charge on any atom is 0.261 e. The van der Waals surface area contributed by atoms with Gasteiger partial charge in [-0.1, -0.05) is 36.4 Å². The van der Waals surface area contributed by atoms with E-state index in [1.165, 1.54) is 18.2 Å². The number of benzene rings is 3. The van der Waals surface area contributed by atoms with Gasteiger partial charge in [0.05, 0.1) is 10.6 Å². The highest BCUT2D eigenvalue weighted by Gasteiger charge is 2.19. The molecule has 0 atom stereocenters. The Labute approximate surface area is 168 Å². The SMILES string of the molecule is O=C(NCc1ccccc1)c1cccc(S(=O)(=O)Nc2ccc3c(c2)OCO3)c1. The summed E-state index contributed by atoms with van der Waals surface area (Å²) in [5.41, 5.74) is 1.55. The number of hydrogen-bond acceptors (Lipinski definition) is 5. The van der Waals surface area contributed by atoms with Crippen LogP contribution in [0.2, 0.25) is 0 Å². The van der Waals surface area contributed by atoms with E-state index in [9.17, 15) is 13.2 Å². The number of anilines is 1. The van der Waals surface area contributed by atoms with Crippen LogP contribution in [0.3, 0.4) is 0 Å². The van der Waals surface area contributed by atoms with E-state index in [0.717, 1.165) is 5.56 Å². The first-order valence-electron chi connectivity index (χ1n) is 8.86. The van der Waals surface area contributed by atoms with E-state index in [1.807, 2.05) is 30.3 Å². The molecule has 0 unspecified atom stereocenters. The van der Waals surface area contributed by atoms with Gasteiger partial charge in [0, 0.05) is 18.2 Å². The van der Waals surface area contributed by atoms with Crippen molar-refractivity contribution >= 4 is 21.6 Å². The maximum absolute atomic E-state index is 12.7. The van der Waals surface area contributed by atoms with E-state index in [0.29, 0.717) is 23.7 Å². The van der Waals surface area contributed by atoms with Crippen LogP contribution < -0.4 is 19.5 Å². The molecule has 0 bridgehead atoms. The number of sulfonamides is 1. The third-order valence-electron chi connectivity index (χ3n) is 4.33. The molecule has 1 aliphatic heterocycles. The van der Waals surface area contributed by atoms with Gasteiger partial charge in [-0.3, -0.25) is 9.52 Å². The Kier molecular flexibility index (Phi) is 5.09. The molecule has 2 N–H and O–H groups in total. The summed E-state index contributed by atoms with van der Waals surface area (Å²) in [6, 6.07) is 20.1. The average molecular weight is 410 g/mol. The van der Waals surface area contributed by atoms with Gasteiger partial charge in [-0.05, 0) is 35.9 Å². The Morgan fingerprint density at radius 3 is 2.52 bits per heavy atom. The summed E-state index contributed by atoms with van der Waals surface area (Å²) < 4.78 is 38.5. The quantitative estimate of drug-likeness (QED) is 0.651. The van der Waals surface area contributed by atoms with Crippen LogP contribution in [0.15, 0.2) is 77.7 Å². The van der Waals surface area contributed by atoms with Crippen molar-refractivity contribution in [3.8, 4) is 11.5 Å². The highest BCUT2D eigenvalue weighted by molar-refractivity contribution is 7.92. The minimum absolute atomic E-state index is 0.0115. The predicted molar refractivity (Wildman–Crippen MR) is 107 cm³/mol. The molecule has 0 aliphatic carbocycles. The number of nitrogens with one attached hydrogen (secondary N) is 2. The molecule has 4 rings (SSSR count).